The number of benzene rings is 4. The van der Waals surface area contributed by atoms with Crippen LogP contribution in [0.4, 0.5) is 0 Å². The summed E-state index contributed by atoms with van der Waals surface area (Å²) < 4.78 is 0. The quantitative estimate of drug-likeness (QED) is 0.109. The highest BCUT2D eigenvalue weighted by molar-refractivity contribution is 5.82. The molecule has 0 saturated heterocycles. The van der Waals surface area contributed by atoms with Gasteiger partial charge in [0.25, 0.3) is 0 Å². The van der Waals surface area contributed by atoms with Crippen LogP contribution in [0.2, 0.25) is 0 Å². The minimum absolute atomic E-state index is 0.773. The normalized spacial score (nSPS) is 12.6. The van der Waals surface area contributed by atoms with Gasteiger partial charge >= 0.3 is 0 Å². The third-order valence-electron chi connectivity index (χ3n) is 9.80. The summed E-state index contributed by atoms with van der Waals surface area (Å²) in [5.74, 6) is 1.55. The van der Waals surface area contributed by atoms with Gasteiger partial charge in [-0.15, -0.1) is 0 Å². The van der Waals surface area contributed by atoms with Crippen LogP contribution in [0.15, 0.2) is 115 Å². The predicted molar refractivity (Wildman–Crippen MR) is 200 cm³/mol. The maximum Gasteiger partial charge on any atom is 0.0702 e. The third kappa shape index (κ3) is 9.06. The van der Waals surface area contributed by atoms with Crippen LogP contribution in [0.25, 0.3) is 44.6 Å². The summed E-state index contributed by atoms with van der Waals surface area (Å²) >= 11 is 0. The first-order valence-electron chi connectivity index (χ1n) is 18.0. The molecule has 46 heavy (non-hydrogen) atoms. The molecule has 1 heteroatoms. The van der Waals surface area contributed by atoms with E-state index in [0.717, 1.165) is 23.1 Å². The molecule has 0 bridgehead atoms. The van der Waals surface area contributed by atoms with E-state index < -0.39 is 0 Å². The van der Waals surface area contributed by atoms with Crippen molar-refractivity contribution in [1.29, 1.82) is 0 Å². The van der Waals surface area contributed by atoms with E-state index in [1.165, 1.54) is 109 Å². The number of rotatable bonds is 16. The number of pyridine rings is 1. The van der Waals surface area contributed by atoms with Gasteiger partial charge in [-0.3, -0.25) is 4.98 Å². The molecule has 2 atom stereocenters. The Balaban J connectivity index is 1.48. The fourth-order valence-electron chi connectivity index (χ4n) is 6.74. The van der Waals surface area contributed by atoms with Crippen molar-refractivity contribution in [3.05, 3.63) is 127 Å². The number of nitrogens with zero attached hydrogens (tertiary/aromatic N) is 1. The lowest BCUT2D eigenvalue weighted by Crippen LogP contribution is -2.03. The van der Waals surface area contributed by atoms with Crippen molar-refractivity contribution >= 4 is 0 Å². The van der Waals surface area contributed by atoms with E-state index in [-0.39, 0.29) is 0 Å². The van der Waals surface area contributed by atoms with Gasteiger partial charge in [0.2, 0.25) is 0 Å². The summed E-state index contributed by atoms with van der Waals surface area (Å²) in [4.78, 5) is 4.62. The Hall–Kier alpha value is -3.97. The van der Waals surface area contributed by atoms with Crippen molar-refractivity contribution in [3.8, 4) is 44.6 Å². The molecular weight excluding hydrogens is 555 g/mol. The molecule has 0 aliphatic heterocycles. The second-order valence-corrected chi connectivity index (χ2v) is 13.2. The third-order valence-corrected chi connectivity index (χ3v) is 9.80. The van der Waals surface area contributed by atoms with Crippen molar-refractivity contribution < 1.29 is 0 Å². The number of hydrogen-bond donors (Lipinski definition) is 0. The lowest BCUT2D eigenvalue weighted by Gasteiger charge is -2.16. The molecule has 2 unspecified atom stereocenters. The predicted octanol–water partition coefficient (Wildman–Crippen LogP) is 13.3. The lowest BCUT2D eigenvalue weighted by molar-refractivity contribution is 0.449. The lowest BCUT2D eigenvalue weighted by atomic mass is 9.89. The first-order valence-corrected chi connectivity index (χ1v) is 18.0. The Kier molecular flexibility index (Phi) is 12.4. The standard InChI is InChI=1S/C45H53N/c1-5-9-14-34(7-3)28-36-19-23-38(24-20-36)42-31-43(39-25-21-37(22-26-39)29-35(8-4)15-10-6-2)33-44(32-42)40-16-13-17-41(30-40)45-18-11-12-27-46-45/h11-13,16-27,30-35H,5-10,14-15,28-29H2,1-4H3. The van der Waals surface area contributed by atoms with Crippen molar-refractivity contribution in [1.82, 2.24) is 4.98 Å². The number of hydrogen-bond acceptors (Lipinski definition) is 1. The molecule has 1 heterocycles. The zero-order valence-electron chi connectivity index (χ0n) is 28.6. The minimum Gasteiger partial charge on any atom is -0.256 e. The molecule has 1 nitrogen and oxygen atoms in total. The van der Waals surface area contributed by atoms with Gasteiger partial charge in [-0.2, -0.15) is 0 Å². The van der Waals surface area contributed by atoms with Gasteiger partial charge in [-0.25, -0.2) is 0 Å². The van der Waals surface area contributed by atoms with Crippen LogP contribution in [0.3, 0.4) is 0 Å². The zero-order chi connectivity index (χ0) is 32.1. The first-order chi connectivity index (χ1) is 22.6. The van der Waals surface area contributed by atoms with Crippen LogP contribution in [0, 0.1) is 11.8 Å². The van der Waals surface area contributed by atoms with Gasteiger partial charge < -0.3 is 0 Å². The molecule has 0 fully saturated rings. The van der Waals surface area contributed by atoms with Crippen LogP contribution in [0.1, 0.15) is 90.2 Å². The van der Waals surface area contributed by atoms with E-state index in [1.807, 2.05) is 12.3 Å². The Morgan fingerprint density at radius 3 is 1.39 bits per heavy atom. The minimum atomic E-state index is 0.773. The average molecular weight is 608 g/mol. The van der Waals surface area contributed by atoms with Gasteiger partial charge in [0.15, 0.2) is 0 Å². The zero-order valence-corrected chi connectivity index (χ0v) is 28.6. The van der Waals surface area contributed by atoms with E-state index in [1.54, 1.807) is 0 Å². The smallest absolute Gasteiger partial charge is 0.0702 e. The monoisotopic (exact) mass is 607 g/mol. The first kappa shape index (κ1) is 33.4. The van der Waals surface area contributed by atoms with E-state index in [9.17, 15) is 0 Å². The molecule has 0 aliphatic carbocycles. The molecule has 238 valence electrons. The maximum atomic E-state index is 4.62. The van der Waals surface area contributed by atoms with Crippen molar-refractivity contribution in [2.24, 2.45) is 11.8 Å². The van der Waals surface area contributed by atoms with Gasteiger partial charge in [-0.1, -0.05) is 152 Å². The van der Waals surface area contributed by atoms with E-state index in [2.05, 4.69) is 136 Å². The topological polar surface area (TPSA) is 12.9 Å². The van der Waals surface area contributed by atoms with Crippen LogP contribution in [-0.2, 0) is 12.8 Å². The molecule has 5 aromatic rings. The summed E-state index contributed by atoms with van der Waals surface area (Å²) in [5, 5.41) is 0. The average Bonchev–Trinajstić information content (AvgIpc) is 3.12. The summed E-state index contributed by atoms with van der Waals surface area (Å²) in [6.07, 6.45) is 14.6. The Labute approximate surface area is 279 Å². The van der Waals surface area contributed by atoms with Crippen LogP contribution in [-0.4, -0.2) is 4.98 Å². The fraction of sp³-hybridized carbons (Fsp3) is 0.356. The summed E-state index contributed by atoms with van der Waals surface area (Å²) in [6.45, 7) is 9.27. The SMILES string of the molecule is CCCCC(CC)Cc1ccc(-c2cc(-c3ccc(CC(CC)CCCC)cc3)cc(-c3cccc(-c4ccccn4)c3)c2)cc1. The van der Waals surface area contributed by atoms with Gasteiger partial charge in [0.05, 0.1) is 5.69 Å². The molecule has 0 spiro atoms. The summed E-state index contributed by atoms with van der Waals surface area (Å²) in [6, 6.07) is 40.8. The highest BCUT2D eigenvalue weighted by Gasteiger charge is 2.12. The number of unbranched alkanes of at least 4 members (excludes halogenated alkanes) is 2. The van der Waals surface area contributed by atoms with E-state index in [0.29, 0.717) is 0 Å². The molecule has 0 radical (unpaired) electrons. The van der Waals surface area contributed by atoms with Crippen molar-refractivity contribution in [3.63, 3.8) is 0 Å². The molecule has 0 aliphatic rings. The van der Waals surface area contributed by atoms with Gasteiger partial charge in [-0.05, 0) is 106 Å². The number of aromatic nitrogens is 1. The molecule has 0 amide bonds. The van der Waals surface area contributed by atoms with Crippen molar-refractivity contribution in [2.45, 2.75) is 91.9 Å². The van der Waals surface area contributed by atoms with Gasteiger partial charge in [0.1, 0.15) is 0 Å². The second-order valence-electron chi connectivity index (χ2n) is 13.2. The fourth-order valence-corrected chi connectivity index (χ4v) is 6.74. The molecule has 5 rings (SSSR count). The Bertz CT molecular complexity index is 1540. The molecule has 1 aromatic heterocycles. The molecule has 0 N–H and O–H groups in total. The van der Waals surface area contributed by atoms with E-state index >= 15 is 0 Å². The van der Waals surface area contributed by atoms with Crippen LogP contribution in [0.5, 0.6) is 0 Å². The Morgan fingerprint density at radius 2 is 0.935 bits per heavy atom. The Morgan fingerprint density at radius 1 is 0.457 bits per heavy atom. The highest BCUT2D eigenvalue weighted by Crippen LogP contribution is 2.35. The highest BCUT2D eigenvalue weighted by atomic mass is 14.7. The molecule has 4 aromatic carbocycles. The maximum absolute atomic E-state index is 4.62. The van der Waals surface area contributed by atoms with Crippen LogP contribution < -0.4 is 0 Å². The summed E-state index contributed by atoms with van der Waals surface area (Å²) in [7, 11) is 0. The van der Waals surface area contributed by atoms with Crippen LogP contribution >= 0.6 is 0 Å². The van der Waals surface area contributed by atoms with Gasteiger partial charge in [0, 0.05) is 11.8 Å². The van der Waals surface area contributed by atoms with E-state index in [4.69, 9.17) is 0 Å². The van der Waals surface area contributed by atoms with Crippen molar-refractivity contribution in [2.75, 3.05) is 0 Å². The molecular formula is C45H53N. The molecule has 0 saturated carbocycles. The largest absolute Gasteiger partial charge is 0.256 e. The summed E-state index contributed by atoms with van der Waals surface area (Å²) in [5.41, 5.74) is 12.5. The second kappa shape index (κ2) is 17.1.